The van der Waals surface area contributed by atoms with Crippen LogP contribution >= 0.6 is 0 Å². The van der Waals surface area contributed by atoms with Crippen LogP contribution in [0.2, 0.25) is 0 Å². The van der Waals surface area contributed by atoms with Gasteiger partial charge in [0.2, 0.25) is 5.95 Å². The Hall–Kier alpha value is -7.44. The number of hydrogen-bond acceptors (Lipinski definition) is 2. The van der Waals surface area contributed by atoms with Gasteiger partial charge in [-0.15, -0.1) is 0 Å². The molecule has 54 heavy (non-hydrogen) atoms. The van der Waals surface area contributed by atoms with E-state index < -0.39 is 0 Å². The highest BCUT2D eigenvalue weighted by atomic mass is 15.2. The highest BCUT2D eigenvalue weighted by molar-refractivity contribution is 6.00. The molecule has 0 bridgehead atoms. The normalized spacial score (nSPS) is 12.1. The lowest BCUT2D eigenvalue weighted by Crippen LogP contribution is -2.03. The zero-order chi connectivity index (χ0) is 35.3. The smallest absolute Gasteiger partial charge is 0.237 e. The van der Waals surface area contributed by atoms with Crippen LogP contribution < -0.4 is 0 Å². The summed E-state index contributed by atoms with van der Waals surface area (Å²) in [4.78, 5) is 10.6. The van der Waals surface area contributed by atoms with Crippen LogP contribution in [-0.4, -0.2) is 27.9 Å². The Morgan fingerprint density at radius 3 is 1.69 bits per heavy atom. The molecule has 5 aromatic heterocycles. The van der Waals surface area contributed by atoms with Crippen LogP contribution in [0.5, 0.6) is 0 Å². The molecule has 0 radical (unpaired) electrons. The number of para-hydroxylation sites is 6. The molecule has 0 amide bonds. The van der Waals surface area contributed by atoms with Crippen LogP contribution in [0.15, 0.2) is 182 Å². The minimum absolute atomic E-state index is 0.642. The molecule has 0 saturated carbocycles. The van der Waals surface area contributed by atoms with Gasteiger partial charge in [0.1, 0.15) is 11.3 Å². The third-order valence-corrected chi connectivity index (χ3v) is 11.0. The number of hydrogen-bond donors (Lipinski definition) is 0. The summed E-state index contributed by atoms with van der Waals surface area (Å²) in [5, 5.41) is 3.40. The Morgan fingerprint density at radius 1 is 0.352 bits per heavy atom. The monoisotopic (exact) mass is 690 g/mol. The molecule has 0 atom stereocenters. The largest absolute Gasteiger partial charge is 0.294 e. The molecule has 252 valence electrons. The van der Waals surface area contributed by atoms with Crippen molar-refractivity contribution in [3.63, 3.8) is 0 Å². The summed E-state index contributed by atoms with van der Waals surface area (Å²) < 4.78 is 9.33. The van der Waals surface area contributed by atoms with Gasteiger partial charge in [-0.1, -0.05) is 121 Å². The van der Waals surface area contributed by atoms with Gasteiger partial charge in [-0.05, 0) is 71.8 Å². The maximum atomic E-state index is 5.37. The molecular formula is C48H30N6. The van der Waals surface area contributed by atoms with Gasteiger partial charge in [-0.3, -0.25) is 17.9 Å². The zero-order valence-electron chi connectivity index (χ0n) is 29.0. The van der Waals surface area contributed by atoms with Crippen LogP contribution in [-0.2, 0) is 0 Å². The Bertz CT molecular complexity index is 3430. The minimum atomic E-state index is 0.642. The summed E-state index contributed by atoms with van der Waals surface area (Å²) in [6, 6.07) is 64.7. The van der Waals surface area contributed by atoms with Crippen molar-refractivity contribution in [1.29, 1.82) is 0 Å². The number of benzene rings is 7. The topological polar surface area (TPSA) is 44.5 Å². The Kier molecular flexibility index (Phi) is 5.96. The first kappa shape index (κ1) is 29.2. The van der Waals surface area contributed by atoms with Gasteiger partial charge in [0, 0.05) is 27.4 Å². The molecule has 0 saturated heterocycles. The molecule has 12 aromatic rings. The molecule has 0 aliphatic rings. The van der Waals surface area contributed by atoms with E-state index in [1.54, 1.807) is 0 Å². The average Bonchev–Trinajstić information content (AvgIpc) is 3.97. The Labute approximate surface area is 309 Å². The molecule has 0 spiro atoms. The molecule has 0 fully saturated rings. The van der Waals surface area contributed by atoms with E-state index in [4.69, 9.17) is 9.97 Å². The maximum absolute atomic E-state index is 5.37. The molecule has 6 heteroatoms. The summed E-state index contributed by atoms with van der Waals surface area (Å²) in [6.07, 6.45) is 0. The lowest BCUT2D eigenvalue weighted by atomic mass is 10.0. The lowest BCUT2D eigenvalue weighted by Gasteiger charge is -2.11. The van der Waals surface area contributed by atoms with Gasteiger partial charge in [-0.2, -0.15) is 0 Å². The first-order chi connectivity index (χ1) is 26.8. The molecular weight excluding hydrogens is 661 g/mol. The number of imidazole rings is 2. The quantitative estimate of drug-likeness (QED) is 0.184. The highest BCUT2D eigenvalue weighted by Crippen LogP contribution is 2.36. The Balaban J connectivity index is 1.09. The van der Waals surface area contributed by atoms with E-state index in [2.05, 4.69) is 188 Å². The molecule has 0 aliphatic carbocycles. The summed E-state index contributed by atoms with van der Waals surface area (Å²) >= 11 is 0. The predicted molar refractivity (Wildman–Crippen MR) is 221 cm³/mol. The van der Waals surface area contributed by atoms with Gasteiger partial charge >= 0.3 is 0 Å². The van der Waals surface area contributed by atoms with Crippen molar-refractivity contribution < 1.29 is 0 Å². The Morgan fingerprint density at radius 2 is 0.907 bits per heavy atom. The number of aromatic nitrogens is 6. The van der Waals surface area contributed by atoms with E-state index in [-0.39, 0.29) is 0 Å². The fraction of sp³-hybridized carbons (Fsp3) is 0. The first-order valence-electron chi connectivity index (χ1n) is 18.3. The van der Waals surface area contributed by atoms with E-state index in [1.807, 2.05) is 12.1 Å². The summed E-state index contributed by atoms with van der Waals surface area (Å²) in [7, 11) is 0. The number of nitrogens with zero attached hydrogens (tertiary/aromatic N) is 6. The molecule has 5 heterocycles. The minimum Gasteiger partial charge on any atom is -0.294 e. The van der Waals surface area contributed by atoms with Gasteiger partial charge in [-0.25, -0.2) is 9.97 Å². The third-order valence-electron chi connectivity index (χ3n) is 11.0. The van der Waals surface area contributed by atoms with Crippen molar-refractivity contribution in [2.75, 3.05) is 0 Å². The second-order valence-electron chi connectivity index (χ2n) is 14.0. The van der Waals surface area contributed by atoms with Crippen molar-refractivity contribution in [2.24, 2.45) is 0 Å². The van der Waals surface area contributed by atoms with E-state index in [0.717, 1.165) is 61.1 Å². The second kappa shape index (κ2) is 11.0. The average molecular weight is 691 g/mol. The molecule has 6 nitrogen and oxygen atoms in total. The van der Waals surface area contributed by atoms with E-state index in [1.165, 1.54) is 33.1 Å². The maximum Gasteiger partial charge on any atom is 0.237 e. The molecule has 12 rings (SSSR count). The molecule has 0 unspecified atom stereocenters. The van der Waals surface area contributed by atoms with E-state index in [0.29, 0.717) is 5.95 Å². The summed E-state index contributed by atoms with van der Waals surface area (Å²) in [5.41, 5.74) is 15.3. The fourth-order valence-corrected chi connectivity index (χ4v) is 8.54. The standard InChI is InChI=1S/C48H30N6/c1-2-12-31(13-3-1)32-22-24-33(25-23-32)47-37-15-5-6-16-38(37)49-48(50-47)54-43-21-11-10-20-42(43)53-44-30-36(27-26-35(44)29-46(53)54)51-40-18-8-9-19-41(40)52-39-17-7-4-14-34(39)28-45(51)52/h1-30H. The number of rotatable bonds is 4. The summed E-state index contributed by atoms with van der Waals surface area (Å²) in [6.45, 7) is 0. The summed E-state index contributed by atoms with van der Waals surface area (Å²) in [5.74, 6) is 0.642. The lowest BCUT2D eigenvalue weighted by molar-refractivity contribution is 1.00. The van der Waals surface area contributed by atoms with Crippen molar-refractivity contribution in [3.05, 3.63) is 182 Å². The van der Waals surface area contributed by atoms with Crippen LogP contribution in [0.4, 0.5) is 0 Å². The molecule has 7 aromatic carbocycles. The van der Waals surface area contributed by atoms with Gasteiger partial charge in [0.05, 0.1) is 44.3 Å². The second-order valence-corrected chi connectivity index (χ2v) is 14.0. The predicted octanol–water partition coefficient (Wildman–Crippen LogP) is 11.7. The van der Waals surface area contributed by atoms with Crippen LogP contribution in [0, 0.1) is 0 Å². The van der Waals surface area contributed by atoms with Crippen molar-refractivity contribution >= 4 is 66.1 Å². The molecule has 0 aliphatic heterocycles. The van der Waals surface area contributed by atoms with Crippen LogP contribution in [0.25, 0.3) is 100 Å². The van der Waals surface area contributed by atoms with Gasteiger partial charge < -0.3 is 0 Å². The van der Waals surface area contributed by atoms with Crippen LogP contribution in [0.3, 0.4) is 0 Å². The van der Waals surface area contributed by atoms with E-state index in [9.17, 15) is 0 Å². The van der Waals surface area contributed by atoms with Crippen molar-refractivity contribution in [1.82, 2.24) is 27.9 Å². The third kappa shape index (κ3) is 4.10. The van der Waals surface area contributed by atoms with Gasteiger partial charge in [0.15, 0.2) is 0 Å². The van der Waals surface area contributed by atoms with Crippen LogP contribution in [0.1, 0.15) is 0 Å². The van der Waals surface area contributed by atoms with Crippen molar-refractivity contribution in [2.45, 2.75) is 0 Å². The molecule has 0 N–H and O–H groups in total. The highest BCUT2D eigenvalue weighted by Gasteiger charge is 2.21. The first-order valence-corrected chi connectivity index (χ1v) is 18.3. The van der Waals surface area contributed by atoms with Gasteiger partial charge in [0.25, 0.3) is 0 Å². The van der Waals surface area contributed by atoms with E-state index >= 15 is 0 Å². The fourth-order valence-electron chi connectivity index (χ4n) is 8.54. The zero-order valence-corrected chi connectivity index (χ0v) is 29.0. The van der Waals surface area contributed by atoms with Crippen molar-refractivity contribution in [3.8, 4) is 34.0 Å². The SMILES string of the molecule is c1ccc(-c2ccc(-c3nc(-n4c5ccccc5n5c6cc(-n7c8ccccc8n8c9ccccc9cc78)ccc6cc45)nc4ccccc34)cc2)cc1. The number of fused-ring (bicyclic) bond motifs is 11.